The van der Waals surface area contributed by atoms with Crippen LogP contribution < -0.4 is 10.6 Å². The van der Waals surface area contributed by atoms with Crippen LogP contribution in [0.2, 0.25) is 5.02 Å². The van der Waals surface area contributed by atoms with E-state index in [9.17, 15) is 14.0 Å². The van der Waals surface area contributed by atoms with E-state index in [0.29, 0.717) is 5.56 Å². The first-order valence-corrected chi connectivity index (χ1v) is 6.56. The number of nitrogens with one attached hydrogen (secondary N) is 2. The first-order chi connectivity index (χ1) is 9.47. The van der Waals surface area contributed by atoms with Crippen molar-refractivity contribution in [1.82, 2.24) is 10.6 Å². The van der Waals surface area contributed by atoms with Crippen molar-refractivity contribution >= 4 is 23.6 Å². The molecule has 0 bridgehead atoms. The maximum absolute atomic E-state index is 13.0. The number of hydrogen-bond acceptors (Lipinski definition) is 2. The van der Waals surface area contributed by atoms with Gasteiger partial charge in [0.05, 0.1) is 5.02 Å². The molecule has 2 amide bonds. The van der Waals surface area contributed by atoms with Gasteiger partial charge in [0.2, 0.25) is 0 Å². The molecule has 0 heterocycles. The molecule has 1 atom stereocenters. The molecule has 1 aliphatic rings. The molecule has 0 aliphatic heterocycles. The zero-order valence-corrected chi connectivity index (χ0v) is 11.3. The third-order valence-electron chi connectivity index (χ3n) is 3.08. The van der Waals surface area contributed by atoms with Crippen LogP contribution in [-0.4, -0.2) is 23.1 Å². The topological polar surface area (TPSA) is 78.4 Å². The Hall–Kier alpha value is -1.82. The molecule has 7 heteroatoms. The van der Waals surface area contributed by atoms with Gasteiger partial charge in [-0.3, -0.25) is 0 Å². The van der Waals surface area contributed by atoms with E-state index >= 15 is 0 Å². The standard InChI is InChI=1S/C13H14ClFN2O3/c14-9-5-7(1-4-10(9)15)6-16-13(20)17-11(12(18)19)8-2-3-8/h1,4-5,8,11H,2-3,6H2,(H,18,19)(H2,16,17,20). The van der Waals surface area contributed by atoms with Crippen LogP contribution in [0.1, 0.15) is 18.4 Å². The molecule has 0 radical (unpaired) electrons. The summed E-state index contributed by atoms with van der Waals surface area (Å²) in [6.45, 7) is 0.142. The molecule has 2 rings (SSSR count). The number of halogens is 2. The van der Waals surface area contributed by atoms with E-state index in [4.69, 9.17) is 16.7 Å². The Morgan fingerprint density at radius 2 is 2.15 bits per heavy atom. The van der Waals surface area contributed by atoms with Crippen molar-refractivity contribution in [2.24, 2.45) is 5.92 Å². The molecular weight excluding hydrogens is 287 g/mol. The van der Waals surface area contributed by atoms with Gasteiger partial charge < -0.3 is 15.7 Å². The number of carboxylic acid groups (broad SMARTS) is 1. The third-order valence-corrected chi connectivity index (χ3v) is 3.37. The van der Waals surface area contributed by atoms with Crippen molar-refractivity contribution in [3.63, 3.8) is 0 Å². The average Bonchev–Trinajstić information content (AvgIpc) is 3.21. The lowest BCUT2D eigenvalue weighted by molar-refractivity contribution is -0.139. The molecular formula is C13H14ClFN2O3. The Morgan fingerprint density at radius 3 is 2.70 bits per heavy atom. The van der Waals surface area contributed by atoms with E-state index in [-0.39, 0.29) is 17.5 Å². The molecule has 1 unspecified atom stereocenters. The Balaban J connectivity index is 1.85. The van der Waals surface area contributed by atoms with Crippen molar-refractivity contribution in [1.29, 1.82) is 0 Å². The number of aliphatic carboxylic acids is 1. The first-order valence-electron chi connectivity index (χ1n) is 6.18. The summed E-state index contributed by atoms with van der Waals surface area (Å²) in [5, 5.41) is 13.9. The van der Waals surface area contributed by atoms with Gasteiger partial charge in [-0.25, -0.2) is 14.0 Å². The fourth-order valence-corrected chi connectivity index (χ4v) is 2.04. The summed E-state index contributed by atoms with van der Waals surface area (Å²) in [7, 11) is 0. The molecule has 0 aromatic heterocycles. The van der Waals surface area contributed by atoms with Crippen LogP contribution in [0.4, 0.5) is 9.18 Å². The number of urea groups is 1. The van der Waals surface area contributed by atoms with Crippen molar-refractivity contribution in [3.8, 4) is 0 Å². The average molecular weight is 301 g/mol. The van der Waals surface area contributed by atoms with Crippen molar-refractivity contribution in [3.05, 3.63) is 34.6 Å². The Kier molecular flexibility index (Phi) is 4.44. The second-order valence-electron chi connectivity index (χ2n) is 4.73. The Labute approximate surface area is 120 Å². The summed E-state index contributed by atoms with van der Waals surface area (Å²) in [6.07, 6.45) is 1.62. The van der Waals surface area contributed by atoms with Crippen LogP contribution in [-0.2, 0) is 11.3 Å². The fourth-order valence-electron chi connectivity index (χ4n) is 1.83. The molecule has 1 fully saturated rings. The van der Waals surface area contributed by atoms with E-state index in [1.807, 2.05) is 0 Å². The maximum atomic E-state index is 13.0. The Morgan fingerprint density at radius 1 is 1.45 bits per heavy atom. The molecule has 5 nitrogen and oxygen atoms in total. The number of rotatable bonds is 5. The van der Waals surface area contributed by atoms with Crippen LogP contribution in [0.5, 0.6) is 0 Å². The predicted octanol–water partition coefficient (Wildman–Crippen LogP) is 2.14. The normalized spacial score (nSPS) is 15.5. The number of carboxylic acids is 1. The van der Waals surface area contributed by atoms with Gasteiger partial charge in [-0.2, -0.15) is 0 Å². The summed E-state index contributed by atoms with van der Waals surface area (Å²) in [6, 6.07) is 2.70. The quantitative estimate of drug-likeness (QED) is 0.779. The largest absolute Gasteiger partial charge is 0.480 e. The highest BCUT2D eigenvalue weighted by molar-refractivity contribution is 6.30. The molecule has 1 aliphatic carbocycles. The van der Waals surface area contributed by atoms with E-state index in [2.05, 4.69) is 10.6 Å². The van der Waals surface area contributed by atoms with Crippen LogP contribution in [0.3, 0.4) is 0 Å². The van der Waals surface area contributed by atoms with Gasteiger partial charge >= 0.3 is 12.0 Å². The van der Waals surface area contributed by atoms with E-state index in [1.54, 1.807) is 0 Å². The second kappa shape index (κ2) is 6.09. The lowest BCUT2D eigenvalue weighted by Gasteiger charge is -2.14. The molecule has 1 aromatic rings. The minimum Gasteiger partial charge on any atom is -0.480 e. The van der Waals surface area contributed by atoms with Crippen molar-refractivity contribution < 1.29 is 19.1 Å². The summed E-state index contributed by atoms with van der Waals surface area (Å²) in [5.41, 5.74) is 0.629. The van der Waals surface area contributed by atoms with Gasteiger partial charge in [-0.1, -0.05) is 17.7 Å². The number of benzene rings is 1. The van der Waals surface area contributed by atoms with Gasteiger partial charge in [-0.15, -0.1) is 0 Å². The lowest BCUT2D eigenvalue weighted by Crippen LogP contribution is -2.46. The predicted molar refractivity (Wildman–Crippen MR) is 70.9 cm³/mol. The monoisotopic (exact) mass is 300 g/mol. The third kappa shape index (κ3) is 3.84. The van der Waals surface area contributed by atoms with Gasteiger partial charge in [0.25, 0.3) is 0 Å². The smallest absolute Gasteiger partial charge is 0.326 e. The summed E-state index contributed by atoms with van der Waals surface area (Å²) in [4.78, 5) is 22.6. The summed E-state index contributed by atoms with van der Waals surface area (Å²) in [5.74, 6) is -1.55. The van der Waals surface area contributed by atoms with Crippen molar-refractivity contribution in [2.75, 3.05) is 0 Å². The summed E-state index contributed by atoms with van der Waals surface area (Å²) >= 11 is 5.62. The van der Waals surface area contributed by atoms with Crippen LogP contribution >= 0.6 is 11.6 Å². The van der Waals surface area contributed by atoms with Gasteiger partial charge in [-0.05, 0) is 36.5 Å². The minimum absolute atomic E-state index is 0.0125. The fraction of sp³-hybridized carbons (Fsp3) is 0.385. The van der Waals surface area contributed by atoms with Crippen LogP contribution in [0.25, 0.3) is 0 Å². The molecule has 0 saturated heterocycles. The minimum atomic E-state index is -1.03. The highest BCUT2D eigenvalue weighted by Crippen LogP contribution is 2.32. The molecule has 0 spiro atoms. The Bertz CT molecular complexity index is 534. The number of hydrogen-bond donors (Lipinski definition) is 3. The van der Waals surface area contributed by atoms with Crippen molar-refractivity contribution in [2.45, 2.75) is 25.4 Å². The lowest BCUT2D eigenvalue weighted by atomic mass is 10.2. The van der Waals surface area contributed by atoms with Gasteiger partial charge in [0.1, 0.15) is 11.9 Å². The number of amides is 2. The van der Waals surface area contributed by atoms with Gasteiger partial charge in [0, 0.05) is 6.54 Å². The summed E-state index contributed by atoms with van der Waals surface area (Å²) < 4.78 is 13.0. The molecule has 1 aromatic carbocycles. The zero-order chi connectivity index (χ0) is 14.7. The number of carbonyl (C=O) groups excluding carboxylic acids is 1. The molecule has 1 saturated carbocycles. The highest BCUT2D eigenvalue weighted by atomic mass is 35.5. The van der Waals surface area contributed by atoms with Crippen LogP contribution in [0.15, 0.2) is 18.2 Å². The van der Waals surface area contributed by atoms with Gasteiger partial charge in [0.15, 0.2) is 0 Å². The van der Waals surface area contributed by atoms with E-state index in [0.717, 1.165) is 12.8 Å². The second-order valence-corrected chi connectivity index (χ2v) is 5.14. The SMILES string of the molecule is O=C(NCc1ccc(F)c(Cl)c1)NC(C(=O)O)C1CC1. The molecule has 20 heavy (non-hydrogen) atoms. The van der Waals surface area contributed by atoms with E-state index in [1.165, 1.54) is 18.2 Å². The van der Waals surface area contributed by atoms with Crippen LogP contribution in [0, 0.1) is 11.7 Å². The van der Waals surface area contributed by atoms with E-state index < -0.39 is 23.9 Å². The molecule has 3 N–H and O–H groups in total. The highest BCUT2D eigenvalue weighted by Gasteiger charge is 2.37. The zero-order valence-electron chi connectivity index (χ0n) is 10.5. The number of carbonyl (C=O) groups is 2. The molecule has 108 valence electrons. The maximum Gasteiger partial charge on any atom is 0.326 e. The first kappa shape index (κ1) is 14.6.